The molecule has 0 radical (unpaired) electrons. The minimum Gasteiger partial charge on any atom is -0.198 e. The van der Waals surface area contributed by atoms with E-state index in [1.807, 2.05) is 0 Å². The van der Waals surface area contributed by atoms with Crippen molar-refractivity contribution in [2.75, 3.05) is 0 Å². The van der Waals surface area contributed by atoms with Gasteiger partial charge in [0.2, 0.25) is 0 Å². The van der Waals surface area contributed by atoms with Crippen LogP contribution in [-0.4, -0.2) is 10.3 Å². The maximum absolute atomic E-state index is 12.8. The quantitative estimate of drug-likeness (QED) is 0.416. The third-order valence-electron chi connectivity index (χ3n) is 2.31. The van der Waals surface area contributed by atoms with Gasteiger partial charge in [0.15, 0.2) is 4.33 Å². The molecule has 0 spiro atoms. The van der Waals surface area contributed by atoms with Crippen LogP contribution in [-0.2, 0) is 0 Å². The number of halogens is 4. The number of allylic oxidation sites excluding steroid dienone is 1. The van der Waals surface area contributed by atoms with Gasteiger partial charge < -0.3 is 0 Å². The van der Waals surface area contributed by atoms with E-state index in [-0.39, 0.29) is 5.57 Å². The molecule has 1 aliphatic rings. The van der Waals surface area contributed by atoms with Gasteiger partial charge in [-0.25, -0.2) is 0 Å². The van der Waals surface area contributed by atoms with Crippen LogP contribution in [0.2, 0.25) is 0 Å². The molecule has 0 unspecified atom stereocenters. The predicted octanol–water partition coefficient (Wildman–Crippen LogP) is 3.39. The van der Waals surface area contributed by atoms with Crippen LogP contribution in [0.1, 0.15) is 13.8 Å². The molecule has 1 rings (SSSR count). The Labute approximate surface area is 74.2 Å². The topological polar surface area (TPSA) is 0 Å². The maximum atomic E-state index is 12.8. The molecular formula is C7H8Cl2F2. The van der Waals surface area contributed by atoms with E-state index in [0.717, 1.165) is 0 Å². The van der Waals surface area contributed by atoms with Crippen molar-refractivity contribution in [3.8, 4) is 0 Å². The summed E-state index contributed by atoms with van der Waals surface area (Å²) in [6.45, 7) is 6.34. The highest BCUT2D eigenvalue weighted by Crippen LogP contribution is 2.68. The normalized spacial score (nSPS) is 31.3. The van der Waals surface area contributed by atoms with Gasteiger partial charge in [0.1, 0.15) is 0 Å². The van der Waals surface area contributed by atoms with Gasteiger partial charge in [-0.2, -0.15) is 8.78 Å². The molecule has 0 aromatic heterocycles. The van der Waals surface area contributed by atoms with Gasteiger partial charge in [-0.05, 0) is 0 Å². The van der Waals surface area contributed by atoms with E-state index < -0.39 is 15.7 Å². The highest BCUT2D eigenvalue weighted by molar-refractivity contribution is 6.51. The second kappa shape index (κ2) is 1.91. The van der Waals surface area contributed by atoms with E-state index in [1.54, 1.807) is 13.8 Å². The van der Waals surface area contributed by atoms with E-state index in [4.69, 9.17) is 23.2 Å². The van der Waals surface area contributed by atoms with Crippen LogP contribution in [0.3, 0.4) is 0 Å². The Morgan fingerprint density at radius 2 is 1.64 bits per heavy atom. The lowest BCUT2D eigenvalue weighted by atomic mass is 9.64. The first kappa shape index (κ1) is 9.27. The van der Waals surface area contributed by atoms with Crippen LogP contribution in [0.25, 0.3) is 0 Å². The first-order valence-electron chi connectivity index (χ1n) is 3.11. The fourth-order valence-corrected chi connectivity index (χ4v) is 1.56. The van der Waals surface area contributed by atoms with Crippen LogP contribution in [0, 0.1) is 5.41 Å². The Morgan fingerprint density at radius 3 is 1.73 bits per heavy atom. The van der Waals surface area contributed by atoms with Crippen molar-refractivity contribution >= 4 is 23.2 Å². The van der Waals surface area contributed by atoms with Gasteiger partial charge in [-0.15, -0.1) is 0 Å². The van der Waals surface area contributed by atoms with Crippen LogP contribution in [0.4, 0.5) is 8.78 Å². The molecular weight excluding hydrogens is 193 g/mol. The molecule has 4 heteroatoms. The third kappa shape index (κ3) is 0.748. The maximum Gasteiger partial charge on any atom is 0.302 e. The largest absolute Gasteiger partial charge is 0.302 e. The Kier molecular flexibility index (Phi) is 1.61. The molecule has 64 valence electrons. The Hall–Kier alpha value is 0.180. The molecule has 0 atom stereocenters. The van der Waals surface area contributed by atoms with Crippen molar-refractivity contribution in [3.63, 3.8) is 0 Å². The molecule has 1 fully saturated rings. The van der Waals surface area contributed by atoms with Gasteiger partial charge in [0.05, 0.1) is 0 Å². The van der Waals surface area contributed by atoms with Crippen molar-refractivity contribution in [1.82, 2.24) is 0 Å². The summed E-state index contributed by atoms with van der Waals surface area (Å²) in [5, 5.41) is 0. The SMILES string of the molecule is C=C1C(C)(C)C(Cl)(Cl)C1(F)F. The fourth-order valence-electron chi connectivity index (χ4n) is 1.10. The zero-order valence-electron chi connectivity index (χ0n) is 6.22. The van der Waals surface area contributed by atoms with Gasteiger partial charge in [-0.3, -0.25) is 0 Å². The smallest absolute Gasteiger partial charge is 0.198 e. The molecule has 1 aliphatic carbocycles. The number of rotatable bonds is 0. The lowest BCUT2D eigenvalue weighted by molar-refractivity contribution is -0.0855. The van der Waals surface area contributed by atoms with Crippen molar-refractivity contribution < 1.29 is 8.78 Å². The molecule has 0 aromatic rings. The summed E-state index contributed by atoms with van der Waals surface area (Å²) in [4.78, 5) is 0. The van der Waals surface area contributed by atoms with E-state index >= 15 is 0 Å². The van der Waals surface area contributed by atoms with E-state index in [9.17, 15) is 8.78 Å². The summed E-state index contributed by atoms with van der Waals surface area (Å²) in [6, 6.07) is 0. The number of hydrogen-bond acceptors (Lipinski definition) is 0. The number of hydrogen-bond donors (Lipinski definition) is 0. The molecule has 0 N–H and O–H groups in total. The van der Waals surface area contributed by atoms with Crippen molar-refractivity contribution in [2.45, 2.75) is 24.1 Å². The zero-order chi connectivity index (χ0) is 9.08. The standard InChI is InChI=1S/C7H8Cl2F2/c1-4-5(2,3)7(8,9)6(4,10)11/h1H2,2-3H3. The summed E-state index contributed by atoms with van der Waals surface area (Å²) in [5.74, 6) is -3.15. The van der Waals surface area contributed by atoms with E-state index in [1.165, 1.54) is 0 Å². The summed E-state index contributed by atoms with van der Waals surface area (Å²) in [6.07, 6.45) is 0. The highest BCUT2D eigenvalue weighted by atomic mass is 35.5. The Balaban J connectivity index is 3.08. The van der Waals surface area contributed by atoms with Crippen molar-refractivity contribution in [1.29, 1.82) is 0 Å². The second-order valence-corrected chi connectivity index (χ2v) is 4.58. The molecule has 0 bridgehead atoms. The third-order valence-corrected chi connectivity index (χ3v) is 3.73. The molecule has 0 saturated heterocycles. The first-order valence-corrected chi connectivity index (χ1v) is 3.87. The molecule has 0 amide bonds. The zero-order valence-corrected chi connectivity index (χ0v) is 7.73. The van der Waals surface area contributed by atoms with Crippen LogP contribution < -0.4 is 0 Å². The number of alkyl halides is 4. The molecule has 0 heterocycles. The predicted molar refractivity (Wildman–Crippen MR) is 42.3 cm³/mol. The average Bonchev–Trinajstić information content (AvgIpc) is 1.84. The first-order chi connectivity index (χ1) is 4.65. The van der Waals surface area contributed by atoms with Crippen molar-refractivity contribution in [3.05, 3.63) is 12.2 Å². The summed E-state index contributed by atoms with van der Waals surface area (Å²) in [5.41, 5.74) is -1.10. The van der Waals surface area contributed by atoms with Gasteiger partial charge >= 0.3 is 5.92 Å². The van der Waals surface area contributed by atoms with E-state index in [2.05, 4.69) is 6.58 Å². The van der Waals surface area contributed by atoms with Crippen molar-refractivity contribution in [2.24, 2.45) is 5.41 Å². The van der Waals surface area contributed by atoms with E-state index in [0.29, 0.717) is 0 Å². The van der Waals surface area contributed by atoms with Crippen LogP contribution in [0.5, 0.6) is 0 Å². The molecule has 0 aliphatic heterocycles. The minimum atomic E-state index is -3.15. The molecule has 1 saturated carbocycles. The monoisotopic (exact) mass is 200 g/mol. The summed E-state index contributed by atoms with van der Waals surface area (Å²) < 4.78 is 23.7. The average molecular weight is 201 g/mol. The van der Waals surface area contributed by atoms with Gasteiger partial charge in [0.25, 0.3) is 0 Å². The lowest BCUT2D eigenvalue weighted by Gasteiger charge is -2.55. The second-order valence-electron chi connectivity index (χ2n) is 3.25. The Morgan fingerprint density at radius 1 is 1.27 bits per heavy atom. The molecule has 0 nitrogen and oxygen atoms in total. The summed E-state index contributed by atoms with van der Waals surface area (Å²) in [7, 11) is 0. The van der Waals surface area contributed by atoms with Crippen LogP contribution >= 0.6 is 23.2 Å². The Bertz CT molecular complexity index is 198. The van der Waals surface area contributed by atoms with Crippen LogP contribution in [0.15, 0.2) is 12.2 Å². The molecule has 0 aromatic carbocycles. The van der Waals surface area contributed by atoms with Gasteiger partial charge in [-0.1, -0.05) is 43.6 Å². The summed E-state index contributed by atoms with van der Waals surface area (Å²) >= 11 is 10.9. The minimum absolute atomic E-state index is 0.199. The molecule has 11 heavy (non-hydrogen) atoms. The highest BCUT2D eigenvalue weighted by Gasteiger charge is 2.74. The lowest BCUT2D eigenvalue weighted by Crippen LogP contribution is -2.64. The van der Waals surface area contributed by atoms with Gasteiger partial charge in [0, 0.05) is 11.0 Å². The fraction of sp³-hybridized carbons (Fsp3) is 0.714.